The van der Waals surface area contributed by atoms with Crippen LogP contribution in [0.2, 0.25) is 0 Å². The zero-order valence-electron chi connectivity index (χ0n) is 8.88. The molecule has 0 amide bonds. The molecule has 6 nitrogen and oxygen atoms in total. The summed E-state index contributed by atoms with van der Waals surface area (Å²) in [5.41, 5.74) is 0. The Morgan fingerprint density at radius 2 is 2.00 bits per heavy atom. The molecule has 1 saturated heterocycles. The van der Waals surface area contributed by atoms with E-state index in [1.54, 1.807) is 0 Å². The molecule has 15 heavy (non-hydrogen) atoms. The highest BCUT2D eigenvalue weighted by Gasteiger charge is 2.32. The van der Waals surface area contributed by atoms with E-state index >= 15 is 0 Å². The quantitative estimate of drug-likeness (QED) is 0.707. The molecule has 0 unspecified atom stereocenters. The van der Waals surface area contributed by atoms with Gasteiger partial charge in [0.25, 0.3) is 0 Å². The third-order valence-electron chi connectivity index (χ3n) is 2.27. The summed E-state index contributed by atoms with van der Waals surface area (Å²) in [6.07, 6.45) is 0. The number of carboxylic acids is 1. The molecule has 0 aliphatic carbocycles. The molecule has 1 aliphatic heterocycles. The van der Waals surface area contributed by atoms with Gasteiger partial charge in [0.15, 0.2) is 0 Å². The van der Waals surface area contributed by atoms with E-state index in [-0.39, 0.29) is 18.5 Å². The van der Waals surface area contributed by atoms with Crippen LogP contribution in [0.1, 0.15) is 13.8 Å². The van der Waals surface area contributed by atoms with Crippen LogP contribution in [0.3, 0.4) is 0 Å². The standard InChI is InChI=1S/C8H16N2O4S/c1-7(2)10-4-3-9(5-8(11)12)6-15(10,13)14/h7H,3-6H2,1-2H3,(H,11,12). The summed E-state index contributed by atoms with van der Waals surface area (Å²) in [5.74, 6) is -1.19. The van der Waals surface area contributed by atoms with Crippen LogP contribution in [-0.4, -0.2) is 60.3 Å². The lowest BCUT2D eigenvalue weighted by Gasteiger charge is -2.35. The zero-order chi connectivity index (χ0) is 11.6. The van der Waals surface area contributed by atoms with Crippen molar-refractivity contribution in [1.29, 1.82) is 0 Å². The normalized spacial score (nSPS) is 23.1. The minimum Gasteiger partial charge on any atom is -0.480 e. The molecule has 1 rings (SSSR count). The molecule has 1 aliphatic rings. The first-order chi connectivity index (χ1) is 6.83. The van der Waals surface area contributed by atoms with Crippen molar-refractivity contribution in [2.45, 2.75) is 19.9 Å². The van der Waals surface area contributed by atoms with Gasteiger partial charge in [0.05, 0.1) is 6.54 Å². The molecular formula is C8H16N2O4S. The lowest BCUT2D eigenvalue weighted by Crippen LogP contribution is -2.53. The third kappa shape index (κ3) is 3.15. The molecule has 0 saturated carbocycles. The van der Waals surface area contributed by atoms with Crippen LogP contribution in [0.5, 0.6) is 0 Å². The molecule has 1 N–H and O–H groups in total. The van der Waals surface area contributed by atoms with Crippen molar-refractivity contribution < 1.29 is 18.3 Å². The molecule has 1 heterocycles. The maximum Gasteiger partial charge on any atom is 0.317 e. The molecule has 0 aromatic heterocycles. The highest BCUT2D eigenvalue weighted by Crippen LogP contribution is 2.14. The lowest BCUT2D eigenvalue weighted by molar-refractivity contribution is -0.138. The molecule has 1 fully saturated rings. The SMILES string of the molecule is CC(C)N1CCN(CC(=O)O)CS1(=O)=O. The summed E-state index contributed by atoms with van der Waals surface area (Å²) in [6.45, 7) is 4.25. The van der Waals surface area contributed by atoms with Crippen LogP contribution in [-0.2, 0) is 14.8 Å². The number of rotatable bonds is 3. The molecule has 0 aromatic carbocycles. The summed E-state index contributed by atoms with van der Waals surface area (Å²) in [5, 5.41) is 8.56. The van der Waals surface area contributed by atoms with E-state index in [1.807, 2.05) is 13.8 Å². The monoisotopic (exact) mass is 236 g/mol. The number of carboxylic acid groups (broad SMARTS) is 1. The zero-order valence-corrected chi connectivity index (χ0v) is 9.70. The fourth-order valence-corrected chi connectivity index (χ4v) is 3.48. The maximum atomic E-state index is 11.7. The van der Waals surface area contributed by atoms with Crippen LogP contribution >= 0.6 is 0 Å². The van der Waals surface area contributed by atoms with Gasteiger partial charge in [-0.2, -0.15) is 4.31 Å². The van der Waals surface area contributed by atoms with Crippen molar-refractivity contribution in [3.63, 3.8) is 0 Å². The Bertz CT molecular complexity index is 339. The van der Waals surface area contributed by atoms with Gasteiger partial charge >= 0.3 is 5.97 Å². The topological polar surface area (TPSA) is 77.9 Å². The molecule has 0 spiro atoms. The van der Waals surface area contributed by atoms with Gasteiger partial charge in [-0.1, -0.05) is 0 Å². The van der Waals surface area contributed by atoms with Gasteiger partial charge in [-0.3, -0.25) is 9.69 Å². The second kappa shape index (κ2) is 4.46. The summed E-state index contributed by atoms with van der Waals surface area (Å²) in [6, 6.07) is -0.0676. The van der Waals surface area contributed by atoms with Crippen molar-refractivity contribution in [2.24, 2.45) is 0 Å². The summed E-state index contributed by atoms with van der Waals surface area (Å²) >= 11 is 0. The van der Waals surface area contributed by atoms with Crippen molar-refractivity contribution >= 4 is 16.0 Å². The minimum atomic E-state index is -3.32. The Balaban J connectivity index is 2.69. The van der Waals surface area contributed by atoms with Crippen molar-refractivity contribution in [3.8, 4) is 0 Å². The second-order valence-electron chi connectivity index (χ2n) is 3.89. The van der Waals surface area contributed by atoms with Crippen molar-refractivity contribution in [1.82, 2.24) is 9.21 Å². The van der Waals surface area contributed by atoms with E-state index in [2.05, 4.69) is 0 Å². The van der Waals surface area contributed by atoms with Crippen molar-refractivity contribution in [3.05, 3.63) is 0 Å². The van der Waals surface area contributed by atoms with Crippen molar-refractivity contribution in [2.75, 3.05) is 25.5 Å². The largest absolute Gasteiger partial charge is 0.480 e. The minimum absolute atomic E-state index is 0.0676. The van der Waals surface area contributed by atoms with E-state index in [0.29, 0.717) is 13.1 Å². The first-order valence-corrected chi connectivity index (χ1v) is 6.37. The average molecular weight is 236 g/mol. The number of hydrogen-bond acceptors (Lipinski definition) is 4. The van der Waals surface area contributed by atoms with E-state index in [0.717, 1.165) is 0 Å². The second-order valence-corrected chi connectivity index (χ2v) is 5.78. The number of hydrogen-bond donors (Lipinski definition) is 1. The third-order valence-corrected chi connectivity index (χ3v) is 4.28. The maximum absolute atomic E-state index is 11.7. The summed E-state index contributed by atoms with van der Waals surface area (Å²) in [7, 11) is -3.32. The summed E-state index contributed by atoms with van der Waals surface area (Å²) < 4.78 is 24.8. The molecule has 7 heteroatoms. The molecule has 0 aromatic rings. The Morgan fingerprint density at radius 3 is 2.40 bits per heavy atom. The van der Waals surface area contributed by atoms with Gasteiger partial charge in [0.1, 0.15) is 5.88 Å². The number of nitrogens with zero attached hydrogens (tertiary/aromatic N) is 2. The van der Waals surface area contributed by atoms with Gasteiger partial charge < -0.3 is 5.11 Å². The predicted molar refractivity (Wildman–Crippen MR) is 54.8 cm³/mol. The predicted octanol–water partition coefficient (Wildman–Crippen LogP) is -0.616. The number of carbonyl (C=O) groups is 1. The first-order valence-electron chi connectivity index (χ1n) is 4.76. The lowest BCUT2D eigenvalue weighted by atomic mass is 10.4. The Kier molecular flexibility index (Phi) is 3.69. The first kappa shape index (κ1) is 12.4. The molecule has 0 bridgehead atoms. The van der Waals surface area contributed by atoms with E-state index < -0.39 is 16.0 Å². The average Bonchev–Trinajstić information content (AvgIpc) is 1.99. The highest BCUT2D eigenvalue weighted by atomic mass is 32.2. The fourth-order valence-electron chi connectivity index (χ4n) is 1.64. The van der Waals surface area contributed by atoms with E-state index in [4.69, 9.17) is 5.11 Å². The van der Waals surface area contributed by atoms with Gasteiger partial charge in [-0.05, 0) is 13.8 Å². The van der Waals surface area contributed by atoms with Gasteiger partial charge in [-0.25, -0.2) is 8.42 Å². The highest BCUT2D eigenvalue weighted by molar-refractivity contribution is 7.89. The van der Waals surface area contributed by atoms with Crippen LogP contribution in [0.4, 0.5) is 0 Å². The van der Waals surface area contributed by atoms with Crippen LogP contribution in [0.15, 0.2) is 0 Å². The Labute approximate surface area is 89.5 Å². The van der Waals surface area contributed by atoms with Gasteiger partial charge in [-0.15, -0.1) is 0 Å². The van der Waals surface area contributed by atoms with Crippen LogP contribution in [0.25, 0.3) is 0 Å². The molecule has 88 valence electrons. The Hall–Kier alpha value is -0.660. The van der Waals surface area contributed by atoms with Gasteiger partial charge in [0.2, 0.25) is 10.0 Å². The number of aliphatic carboxylic acids is 1. The van der Waals surface area contributed by atoms with Crippen LogP contribution in [0, 0.1) is 0 Å². The molecule has 0 radical (unpaired) electrons. The smallest absolute Gasteiger partial charge is 0.317 e. The van der Waals surface area contributed by atoms with Gasteiger partial charge in [0, 0.05) is 19.1 Å². The summed E-state index contributed by atoms with van der Waals surface area (Å²) in [4.78, 5) is 11.9. The van der Waals surface area contributed by atoms with Crippen LogP contribution < -0.4 is 0 Å². The molecular weight excluding hydrogens is 220 g/mol. The number of sulfonamides is 1. The molecule has 0 atom stereocenters. The fraction of sp³-hybridized carbons (Fsp3) is 0.875. The van der Waals surface area contributed by atoms with E-state index in [1.165, 1.54) is 9.21 Å². The van der Waals surface area contributed by atoms with E-state index in [9.17, 15) is 13.2 Å². The Morgan fingerprint density at radius 1 is 1.40 bits per heavy atom.